The Labute approximate surface area is 220 Å². The van der Waals surface area contributed by atoms with Crippen LogP contribution >= 0.6 is 11.3 Å². The number of carbonyl (C=O) groups excluding carboxylic acids is 2. The van der Waals surface area contributed by atoms with Crippen molar-refractivity contribution in [2.75, 3.05) is 14.2 Å². The Bertz CT molecular complexity index is 1370. The number of hydrogen-bond donors (Lipinski definition) is 1. The summed E-state index contributed by atoms with van der Waals surface area (Å²) >= 11 is 1.67. The predicted octanol–water partition coefficient (Wildman–Crippen LogP) is 5.87. The number of nitrogens with one attached hydrogen (secondary N) is 1. The molecule has 6 nitrogen and oxygen atoms in total. The van der Waals surface area contributed by atoms with E-state index < -0.39 is 11.9 Å². The van der Waals surface area contributed by atoms with Crippen molar-refractivity contribution in [3.8, 4) is 11.5 Å². The highest BCUT2D eigenvalue weighted by molar-refractivity contribution is 7.10. The molecule has 1 aliphatic carbocycles. The molecule has 0 saturated carbocycles. The van der Waals surface area contributed by atoms with Crippen molar-refractivity contribution in [3.05, 3.63) is 105 Å². The van der Waals surface area contributed by atoms with Crippen molar-refractivity contribution in [2.45, 2.75) is 38.2 Å². The van der Waals surface area contributed by atoms with Crippen molar-refractivity contribution in [2.24, 2.45) is 0 Å². The topological polar surface area (TPSA) is 73.9 Å². The molecule has 2 aromatic carbocycles. The molecule has 0 unspecified atom stereocenters. The fourth-order valence-electron chi connectivity index (χ4n) is 5.20. The van der Waals surface area contributed by atoms with Gasteiger partial charge >= 0.3 is 5.97 Å². The first-order valence-electron chi connectivity index (χ1n) is 12.2. The third-order valence-electron chi connectivity index (χ3n) is 6.95. The van der Waals surface area contributed by atoms with E-state index in [1.807, 2.05) is 60.8 Å². The van der Waals surface area contributed by atoms with Gasteiger partial charge < -0.3 is 19.5 Å². The molecule has 2 atom stereocenters. The van der Waals surface area contributed by atoms with Gasteiger partial charge in [0.15, 0.2) is 17.3 Å². The zero-order chi connectivity index (χ0) is 25.9. The molecule has 190 valence electrons. The molecule has 37 heavy (non-hydrogen) atoms. The lowest BCUT2D eigenvalue weighted by Crippen LogP contribution is -2.36. The minimum absolute atomic E-state index is 0.0350. The minimum atomic E-state index is -0.573. The molecule has 0 amide bonds. The average molecular weight is 516 g/mol. The van der Waals surface area contributed by atoms with Gasteiger partial charge in [-0.3, -0.25) is 4.79 Å². The summed E-state index contributed by atoms with van der Waals surface area (Å²) in [5.41, 5.74) is 4.29. The molecule has 0 bridgehead atoms. The number of hydrogen-bond acceptors (Lipinski definition) is 7. The third-order valence-corrected chi connectivity index (χ3v) is 7.98. The molecule has 0 spiro atoms. The summed E-state index contributed by atoms with van der Waals surface area (Å²) in [6.45, 7) is 2.02. The second-order valence-corrected chi connectivity index (χ2v) is 10.2. The summed E-state index contributed by atoms with van der Waals surface area (Å²) in [6.07, 6.45) is 1.10. The Morgan fingerprint density at radius 3 is 2.49 bits per heavy atom. The Morgan fingerprint density at radius 1 is 1.00 bits per heavy atom. The number of ether oxygens (including phenoxy) is 3. The van der Waals surface area contributed by atoms with Crippen LogP contribution in [0.15, 0.2) is 88.6 Å². The van der Waals surface area contributed by atoms with Gasteiger partial charge in [-0.25, -0.2) is 4.79 Å². The molecule has 5 rings (SSSR count). The number of ketones is 1. The number of methoxy groups -OCH3 is 2. The highest BCUT2D eigenvalue weighted by Crippen LogP contribution is 2.47. The lowest BCUT2D eigenvalue weighted by molar-refractivity contribution is -0.140. The fraction of sp³-hybridized carbons (Fsp3) is 0.267. The van der Waals surface area contributed by atoms with Crippen molar-refractivity contribution in [3.63, 3.8) is 0 Å². The van der Waals surface area contributed by atoms with E-state index in [0.29, 0.717) is 41.2 Å². The summed E-state index contributed by atoms with van der Waals surface area (Å²) < 4.78 is 16.7. The van der Waals surface area contributed by atoms with Crippen LogP contribution in [0, 0.1) is 0 Å². The van der Waals surface area contributed by atoms with Gasteiger partial charge in [0.25, 0.3) is 0 Å². The van der Waals surface area contributed by atoms with E-state index in [1.165, 1.54) is 4.88 Å². The normalized spacial score (nSPS) is 19.3. The number of benzene rings is 2. The molecule has 7 heteroatoms. The second kappa shape index (κ2) is 10.6. The molecule has 1 N–H and O–H groups in total. The first-order chi connectivity index (χ1) is 18.0. The van der Waals surface area contributed by atoms with E-state index >= 15 is 0 Å². The molecule has 3 aromatic rings. The van der Waals surface area contributed by atoms with E-state index in [4.69, 9.17) is 14.2 Å². The zero-order valence-corrected chi connectivity index (χ0v) is 21.9. The maximum absolute atomic E-state index is 13.7. The summed E-state index contributed by atoms with van der Waals surface area (Å²) in [5.74, 6) is 0.243. The van der Waals surface area contributed by atoms with Crippen LogP contribution in [-0.4, -0.2) is 26.0 Å². The van der Waals surface area contributed by atoms with Gasteiger partial charge in [-0.05, 0) is 48.1 Å². The van der Waals surface area contributed by atoms with Gasteiger partial charge in [-0.15, -0.1) is 11.3 Å². The molecule has 2 heterocycles. The van der Waals surface area contributed by atoms with Crippen molar-refractivity contribution < 1.29 is 23.8 Å². The molecule has 0 saturated heterocycles. The van der Waals surface area contributed by atoms with Gasteiger partial charge in [0.2, 0.25) is 0 Å². The number of carbonyl (C=O) groups is 2. The van der Waals surface area contributed by atoms with Crippen molar-refractivity contribution in [1.29, 1.82) is 0 Å². The van der Waals surface area contributed by atoms with Crippen LogP contribution in [0.5, 0.6) is 11.5 Å². The second-order valence-electron chi connectivity index (χ2n) is 9.21. The zero-order valence-electron chi connectivity index (χ0n) is 21.1. The predicted molar refractivity (Wildman–Crippen MR) is 143 cm³/mol. The van der Waals surface area contributed by atoms with Gasteiger partial charge in [0, 0.05) is 40.1 Å². The van der Waals surface area contributed by atoms with Gasteiger partial charge in [0.05, 0.1) is 19.8 Å². The number of thiophene rings is 1. The number of esters is 1. The minimum Gasteiger partial charge on any atom is -0.493 e. The molecule has 1 aromatic heterocycles. The Morgan fingerprint density at radius 2 is 1.78 bits per heavy atom. The van der Waals surface area contributed by atoms with Crippen molar-refractivity contribution in [1.82, 2.24) is 5.32 Å². The Balaban J connectivity index is 1.55. The largest absolute Gasteiger partial charge is 0.493 e. The average Bonchev–Trinajstić information content (AvgIpc) is 3.46. The van der Waals surface area contributed by atoms with Crippen LogP contribution in [0.1, 0.15) is 47.6 Å². The molecular formula is C30H29NO5S. The summed E-state index contributed by atoms with van der Waals surface area (Å²) in [5, 5.41) is 5.45. The third kappa shape index (κ3) is 4.91. The summed E-state index contributed by atoms with van der Waals surface area (Å²) in [6, 6.07) is 19.2. The molecule has 2 aliphatic rings. The number of rotatable bonds is 7. The summed E-state index contributed by atoms with van der Waals surface area (Å²) in [4.78, 5) is 28.5. The monoisotopic (exact) mass is 515 g/mol. The number of Topliss-reactive ketones (excluding diaryl/α,β-unsaturated/α-hetero) is 1. The van der Waals surface area contributed by atoms with Crippen LogP contribution in [-0.2, 0) is 20.9 Å². The molecular weight excluding hydrogens is 486 g/mol. The SMILES string of the molecule is COc1ccc([C@@H]2C(C(=O)OCc3ccccc3)=C(C)NC3=C2C(=O)C[C@@H](c2cccs2)C3)cc1OC. The maximum Gasteiger partial charge on any atom is 0.337 e. The van der Waals surface area contributed by atoms with Crippen LogP contribution in [0.2, 0.25) is 0 Å². The van der Waals surface area contributed by atoms with E-state index in [1.54, 1.807) is 31.6 Å². The lowest BCUT2D eigenvalue weighted by Gasteiger charge is -2.36. The van der Waals surface area contributed by atoms with E-state index in [9.17, 15) is 9.59 Å². The molecule has 0 radical (unpaired) electrons. The lowest BCUT2D eigenvalue weighted by atomic mass is 9.72. The fourth-order valence-corrected chi connectivity index (χ4v) is 6.03. The maximum atomic E-state index is 13.7. The van der Waals surface area contributed by atoms with Gasteiger partial charge in [-0.2, -0.15) is 0 Å². The van der Waals surface area contributed by atoms with Gasteiger partial charge in [-0.1, -0.05) is 42.5 Å². The van der Waals surface area contributed by atoms with Crippen LogP contribution in [0.4, 0.5) is 0 Å². The first-order valence-corrected chi connectivity index (χ1v) is 13.1. The number of dihydropyridines is 1. The van der Waals surface area contributed by atoms with Crippen LogP contribution < -0.4 is 14.8 Å². The molecule has 0 fully saturated rings. The van der Waals surface area contributed by atoms with E-state index in [-0.39, 0.29) is 18.3 Å². The smallest absolute Gasteiger partial charge is 0.337 e. The van der Waals surface area contributed by atoms with Gasteiger partial charge in [0.1, 0.15) is 6.61 Å². The van der Waals surface area contributed by atoms with Crippen molar-refractivity contribution >= 4 is 23.1 Å². The Kier molecular flexibility index (Phi) is 7.15. The van der Waals surface area contributed by atoms with Crippen LogP contribution in [0.25, 0.3) is 0 Å². The van der Waals surface area contributed by atoms with E-state index in [2.05, 4.69) is 11.4 Å². The standard InChI is InChI=1S/C30H29NO5S/c1-18-27(30(33)36-17-19-8-5-4-6-9-19)28(20-11-12-24(34-2)25(16-20)35-3)29-22(31-18)14-21(15-23(29)32)26-10-7-13-37-26/h4-13,16,21,28,31H,14-15,17H2,1-3H3/t21-,28+/m0/s1. The van der Waals surface area contributed by atoms with Crippen LogP contribution in [0.3, 0.4) is 0 Å². The summed E-state index contributed by atoms with van der Waals surface area (Å²) in [7, 11) is 3.15. The highest BCUT2D eigenvalue weighted by Gasteiger charge is 2.41. The Hall–Kier alpha value is -3.84. The first kappa shape index (κ1) is 24.8. The van der Waals surface area contributed by atoms with E-state index in [0.717, 1.165) is 16.8 Å². The number of allylic oxidation sites excluding steroid dienone is 3. The quantitative estimate of drug-likeness (QED) is 0.397. The molecule has 1 aliphatic heterocycles. The highest BCUT2D eigenvalue weighted by atomic mass is 32.1.